The van der Waals surface area contributed by atoms with Crippen molar-refractivity contribution in [3.8, 4) is 0 Å². The first kappa shape index (κ1) is 25.8. The molecule has 0 aliphatic carbocycles. The van der Waals surface area contributed by atoms with Gasteiger partial charge in [0, 0.05) is 45.0 Å². The van der Waals surface area contributed by atoms with Crippen LogP contribution in [0.5, 0.6) is 0 Å². The van der Waals surface area contributed by atoms with E-state index in [-0.39, 0.29) is 24.0 Å². The number of oxime groups is 1. The van der Waals surface area contributed by atoms with Crippen molar-refractivity contribution in [3.63, 3.8) is 0 Å². The molecule has 10 heteroatoms. The van der Waals surface area contributed by atoms with Crippen LogP contribution in [0, 0.1) is 11.6 Å². The molecule has 1 fully saturated rings. The molecule has 0 atom stereocenters. The van der Waals surface area contributed by atoms with Crippen molar-refractivity contribution < 1.29 is 23.1 Å². The second-order valence-electron chi connectivity index (χ2n) is 9.71. The number of fused-ring (bicyclic) bond motifs is 1. The standard InChI is InChI=1S/C27H29ClF2N4O3/c1-33-16-20-17-36-27(21(20)13-25(33)35)6-9-34(10-7-27)15-18-2-5-24(31-14-18)26(32-37-11-8-28)19-3-4-22(29)23(30)12-19/h2-5,12,14H,6-11,13,15-17H2,1H3. The Balaban J connectivity index is 1.25. The minimum atomic E-state index is -0.972. The molecule has 7 nitrogen and oxygen atoms in total. The van der Waals surface area contributed by atoms with Crippen LogP contribution in [0.15, 0.2) is 52.8 Å². The fraction of sp³-hybridized carbons (Fsp3) is 0.444. The van der Waals surface area contributed by atoms with E-state index in [9.17, 15) is 13.6 Å². The zero-order chi connectivity index (χ0) is 26.0. The minimum Gasteiger partial charge on any atom is -0.394 e. The van der Waals surface area contributed by atoms with Crippen LogP contribution in [0.4, 0.5) is 8.78 Å². The van der Waals surface area contributed by atoms with Crippen molar-refractivity contribution in [2.75, 3.05) is 45.8 Å². The van der Waals surface area contributed by atoms with Gasteiger partial charge in [-0.2, -0.15) is 0 Å². The number of carbonyl (C=O) groups is 1. The zero-order valence-corrected chi connectivity index (χ0v) is 21.4. The highest BCUT2D eigenvalue weighted by Gasteiger charge is 2.46. The van der Waals surface area contributed by atoms with Crippen LogP contribution in [0.2, 0.25) is 0 Å². The Labute approximate surface area is 219 Å². The molecule has 2 aromatic rings. The molecule has 5 rings (SSSR count). The van der Waals surface area contributed by atoms with E-state index in [0.29, 0.717) is 36.5 Å². The number of nitrogens with zero attached hydrogens (tertiary/aromatic N) is 4. The van der Waals surface area contributed by atoms with Gasteiger partial charge in [0.1, 0.15) is 12.3 Å². The number of halogens is 3. The van der Waals surface area contributed by atoms with E-state index in [1.807, 2.05) is 13.1 Å². The number of amides is 1. The second-order valence-corrected chi connectivity index (χ2v) is 10.1. The summed E-state index contributed by atoms with van der Waals surface area (Å²) in [7, 11) is 1.85. The molecular weight excluding hydrogens is 502 g/mol. The van der Waals surface area contributed by atoms with Gasteiger partial charge in [0.15, 0.2) is 11.6 Å². The molecule has 0 radical (unpaired) electrons. The molecule has 0 saturated carbocycles. The Hall–Kier alpha value is -2.88. The van der Waals surface area contributed by atoms with Gasteiger partial charge in [-0.05, 0) is 53.8 Å². The summed E-state index contributed by atoms with van der Waals surface area (Å²) in [6.45, 7) is 3.90. The molecule has 3 aliphatic heterocycles. The molecule has 1 spiro atoms. The summed E-state index contributed by atoms with van der Waals surface area (Å²) in [5.41, 5.74) is 4.33. The quantitative estimate of drug-likeness (QED) is 0.179. The molecule has 0 bridgehead atoms. The SMILES string of the molecule is CN1CC2=C(CC1=O)C1(CCN(Cc3ccc(C(=NOCCCl)c4ccc(F)c(F)c4)nc3)CC1)OC2. The van der Waals surface area contributed by atoms with Crippen LogP contribution in [-0.2, 0) is 20.9 Å². The van der Waals surface area contributed by atoms with Crippen LogP contribution in [0.25, 0.3) is 0 Å². The third kappa shape index (κ3) is 5.39. The van der Waals surface area contributed by atoms with Crippen LogP contribution in [-0.4, -0.2) is 77.8 Å². The third-order valence-corrected chi connectivity index (χ3v) is 7.49. The Morgan fingerprint density at radius 1 is 1.22 bits per heavy atom. The van der Waals surface area contributed by atoms with Crippen molar-refractivity contribution in [2.45, 2.75) is 31.4 Å². The molecule has 1 saturated heterocycles. The van der Waals surface area contributed by atoms with Crippen molar-refractivity contribution in [3.05, 3.63) is 76.1 Å². The van der Waals surface area contributed by atoms with Crippen LogP contribution in [0.3, 0.4) is 0 Å². The molecule has 196 valence electrons. The van der Waals surface area contributed by atoms with Crippen molar-refractivity contribution in [1.29, 1.82) is 0 Å². The Kier molecular flexibility index (Phi) is 7.55. The van der Waals surface area contributed by atoms with E-state index in [1.54, 1.807) is 17.2 Å². The van der Waals surface area contributed by atoms with Crippen molar-refractivity contribution in [2.24, 2.45) is 5.16 Å². The number of benzene rings is 1. The lowest BCUT2D eigenvalue weighted by Gasteiger charge is -2.41. The second kappa shape index (κ2) is 10.8. The van der Waals surface area contributed by atoms with Gasteiger partial charge in [0.25, 0.3) is 0 Å². The highest BCUT2D eigenvalue weighted by Crippen LogP contribution is 2.44. The third-order valence-electron chi connectivity index (χ3n) is 7.34. The lowest BCUT2D eigenvalue weighted by molar-refractivity contribution is -0.129. The summed E-state index contributed by atoms with van der Waals surface area (Å²) in [5.74, 6) is -1.50. The van der Waals surface area contributed by atoms with Crippen molar-refractivity contribution >= 4 is 23.2 Å². The summed E-state index contributed by atoms with van der Waals surface area (Å²) in [6, 6.07) is 7.30. The number of alkyl halides is 1. The first-order valence-corrected chi connectivity index (χ1v) is 12.9. The zero-order valence-electron chi connectivity index (χ0n) is 20.7. The minimum absolute atomic E-state index is 0.163. The van der Waals surface area contributed by atoms with Gasteiger partial charge in [-0.1, -0.05) is 11.2 Å². The summed E-state index contributed by atoms with van der Waals surface area (Å²) >= 11 is 5.67. The summed E-state index contributed by atoms with van der Waals surface area (Å²) in [6.07, 6.45) is 3.95. The number of aromatic nitrogens is 1. The lowest BCUT2D eigenvalue weighted by Crippen LogP contribution is -2.46. The molecular formula is C27H29ClF2N4O3. The molecule has 1 amide bonds. The predicted octanol–water partition coefficient (Wildman–Crippen LogP) is 3.89. The Morgan fingerprint density at radius 3 is 2.73 bits per heavy atom. The first-order valence-electron chi connectivity index (χ1n) is 12.4. The van der Waals surface area contributed by atoms with E-state index in [2.05, 4.69) is 15.0 Å². The molecule has 1 aromatic heterocycles. The van der Waals surface area contributed by atoms with Crippen LogP contribution < -0.4 is 0 Å². The molecule has 0 unspecified atom stereocenters. The van der Waals surface area contributed by atoms with Gasteiger partial charge < -0.3 is 14.5 Å². The normalized spacial score (nSPS) is 20.1. The van der Waals surface area contributed by atoms with Gasteiger partial charge in [-0.15, -0.1) is 11.6 Å². The van der Waals surface area contributed by atoms with E-state index in [1.165, 1.54) is 17.2 Å². The number of rotatable bonds is 7. The molecule has 3 aliphatic rings. The monoisotopic (exact) mass is 530 g/mol. The lowest BCUT2D eigenvalue weighted by atomic mass is 9.80. The fourth-order valence-electron chi connectivity index (χ4n) is 5.28. The number of piperidine rings is 1. The topological polar surface area (TPSA) is 67.3 Å². The average molecular weight is 531 g/mol. The highest BCUT2D eigenvalue weighted by molar-refractivity contribution is 6.18. The average Bonchev–Trinajstić information content (AvgIpc) is 3.22. The summed E-state index contributed by atoms with van der Waals surface area (Å²) in [5, 5.41) is 4.08. The Bertz CT molecular complexity index is 1230. The fourth-order valence-corrected chi connectivity index (χ4v) is 5.35. The van der Waals surface area contributed by atoms with Crippen LogP contribution in [0.1, 0.15) is 36.1 Å². The first-order chi connectivity index (χ1) is 17.9. The maximum atomic E-state index is 13.9. The number of hydrogen-bond donors (Lipinski definition) is 0. The largest absolute Gasteiger partial charge is 0.394 e. The van der Waals surface area contributed by atoms with Gasteiger partial charge >= 0.3 is 0 Å². The summed E-state index contributed by atoms with van der Waals surface area (Å²) in [4.78, 5) is 26.2. The van der Waals surface area contributed by atoms with E-state index in [4.69, 9.17) is 21.2 Å². The van der Waals surface area contributed by atoms with E-state index in [0.717, 1.165) is 50.2 Å². The maximum Gasteiger partial charge on any atom is 0.226 e. The number of pyridine rings is 1. The Morgan fingerprint density at radius 2 is 2.03 bits per heavy atom. The molecule has 37 heavy (non-hydrogen) atoms. The number of ether oxygens (including phenoxy) is 1. The smallest absolute Gasteiger partial charge is 0.226 e. The number of likely N-dealkylation sites (N-methyl/N-ethyl adjacent to an activating group) is 1. The van der Waals surface area contributed by atoms with Gasteiger partial charge in [-0.25, -0.2) is 8.78 Å². The molecule has 1 aromatic carbocycles. The van der Waals surface area contributed by atoms with Gasteiger partial charge in [-0.3, -0.25) is 14.7 Å². The maximum absolute atomic E-state index is 13.9. The number of hydrogen-bond acceptors (Lipinski definition) is 6. The van der Waals surface area contributed by atoms with E-state index < -0.39 is 11.6 Å². The van der Waals surface area contributed by atoms with Crippen molar-refractivity contribution in [1.82, 2.24) is 14.8 Å². The number of likely N-dealkylation sites (tertiary alicyclic amines) is 1. The predicted molar refractivity (Wildman–Crippen MR) is 135 cm³/mol. The highest BCUT2D eigenvalue weighted by atomic mass is 35.5. The van der Waals surface area contributed by atoms with E-state index >= 15 is 0 Å². The van der Waals surface area contributed by atoms with Crippen LogP contribution >= 0.6 is 11.6 Å². The van der Waals surface area contributed by atoms with Gasteiger partial charge in [0.2, 0.25) is 5.91 Å². The molecule has 0 N–H and O–H groups in total. The summed E-state index contributed by atoms with van der Waals surface area (Å²) < 4.78 is 33.6. The van der Waals surface area contributed by atoms with Gasteiger partial charge in [0.05, 0.1) is 30.2 Å². The number of carbonyl (C=O) groups excluding carboxylic acids is 1. The molecule has 4 heterocycles.